The topological polar surface area (TPSA) is 40.5 Å². The first-order valence-corrected chi connectivity index (χ1v) is 8.77. The monoisotopic (exact) mass is 349 g/mol. The molecule has 1 aliphatic rings. The van der Waals surface area contributed by atoms with Crippen LogP contribution in [-0.4, -0.2) is 17.3 Å². The average Bonchev–Trinajstić information content (AvgIpc) is 2.59. The van der Waals surface area contributed by atoms with Crippen molar-refractivity contribution in [2.45, 2.75) is 33.3 Å². The number of pyridine rings is 1. The zero-order chi connectivity index (χ0) is 18.8. The summed E-state index contributed by atoms with van der Waals surface area (Å²) >= 11 is 0. The second-order valence-electron chi connectivity index (χ2n) is 7.52. The molecule has 134 valence electrons. The number of benzene rings is 2. The highest BCUT2D eigenvalue weighted by molar-refractivity contribution is 6.03. The summed E-state index contributed by atoms with van der Waals surface area (Å²) in [6.45, 7) is 8.02. The minimum Gasteiger partial charge on any atom is -0.495 e. The van der Waals surface area contributed by atoms with E-state index in [0.29, 0.717) is 16.5 Å². The molecule has 0 spiro atoms. The van der Waals surface area contributed by atoms with E-state index >= 15 is 0 Å². The Morgan fingerprint density at radius 3 is 2.58 bits per heavy atom. The van der Waals surface area contributed by atoms with Gasteiger partial charge in [0.05, 0.1) is 23.5 Å². The third kappa shape index (κ3) is 2.11. The molecule has 0 atom stereocenters. The first kappa shape index (κ1) is 16.7. The van der Waals surface area contributed by atoms with Crippen LogP contribution in [0.25, 0.3) is 27.9 Å². The first-order valence-electron chi connectivity index (χ1n) is 8.77. The second kappa shape index (κ2) is 5.37. The molecule has 4 nitrogen and oxygen atoms in total. The fourth-order valence-corrected chi connectivity index (χ4v) is 4.06. The molecule has 0 aliphatic carbocycles. The summed E-state index contributed by atoms with van der Waals surface area (Å²) in [5.74, 6) is 1.37. The Morgan fingerprint density at radius 1 is 1.15 bits per heavy atom. The summed E-state index contributed by atoms with van der Waals surface area (Å²) < 4.78 is 14.0. The van der Waals surface area contributed by atoms with E-state index in [-0.39, 0.29) is 5.43 Å². The van der Waals surface area contributed by atoms with Gasteiger partial charge in [0.2, 0.25) is 5.43 Å². The van der Waals surface area contributed by atoms with Crippen molar-refractivity contribution < 1.29 is 9.47 Å². The Kier molecular flexibility index (Phi) is 3.45. The fourth-order valence-electron chi connectivity index (χ4n) is 4.06. The molecular formula is C22H23NO3. The van der Waals surface area contributed by atoms with Crippen molar-refractivity contribution in [3.8, 4) is 11.5 Å². The van der Waals surface area contributed by atoms with Gasteiger partial charge in [-0.3, -0.25) is 4.79 Å². The van der Waals surface area contributed by atoms with Gasteiger partial charge < -0.3 is 14.0 Å². The van der Waals surface area contributed by atoms with Crippen molar-refractivity contribution in [1.82, 2.24) is 4.57 Å². The molecule has 0 saturated heterocycles. The Hall–Kier alpha value is -2.75. The molecule has 1 aromatic heterocycles. The van der Waals surface area contributed by atoms with Crippen molar-refractivity contribution >= 4 is 27.9 Å². The van der Waals surface area contributed by atoms with Crippen LogP contribution >= 0.6 is 0 Å². The van der Waals surface area contributed by atoms with Crippen LogP contribution in [0.1, 0.15) is 30.5 Å². The van der Waals surface area contributed by atoms with E-state index < -0.39 is 5.60 Å². The maximum Gasteiger partial charge on any atom is 0.201 e. The van der Waals surface area contributed by atoms with Crippen LogP contribution < -0.4 is 14.9 Å². The average molecular weight is 349 g/mol. The number of aromatic nitrogens is 1. The largest absolute Gasteiger partial charge is 0.495 e. The molecule has 2 heterocycles. The lowest BCUT2D eigenvalue weighted by Crippen LogP contribution is -2.28. The summed E-state index contributed by atoms with van der Waals surface area (Å²) in [5.41, 5.74) is 4.24. The summed E-state index contributed by atoms with van der Waals surface area (Å²) in [6.07, 6.45) is 4.10. The maximum absolute atomic E-state index is 13.4. The molecule has 0 saturated carbocycles. The Bertz CT molecular complexity index is 1170. The van der Waals surface area contributed by atoms with Gasteiger partial charge in [-0.05, 0) is 51.5 Å². The Morgan fingerprint density at radius 2 is 1.88 bits per heavy atom. The molecule has 4 heteroatoms. The number of aryl methyl sites for hydroxylation is 2. The molecule has 0 N–H and O–H groups in total. The van der Waals surface area contributed by atoms with Gasteiger partial charge >= 0.3 is 0 Å². The smallest absolute Gasteiger partial charge is 0.201 e. The Labute approximate surface area is 152 Å². The summed E-state index contributed by atoms with van der Waals surface area (Å²) in [6, 6.07) is 5.84. The van der Waals surface area contributed by atoms with Crippen molar-refractivity contribution in [3.63, 3.8) is 0 Å². The van der Waals surface area contributed by atoms with E-state index in [1.807, 2.05) is 59.0 Å². The number of methoxy groups -OCH3 is 1. The van der Waals surface area contributed by atoms with Gasteiger partial charge in [0.25, 0.3) is 0 Å². The molecule has 26 heavy (non-hydrogen) atoms. The van der Waals surface area contributed by atoms with Crippen molar-refractivity contribution in [3.05, 3.63) is 51.2 Å². The molecule has 3 aromatic rings. The fraction of sp³-hybridized carbons (Fsp3) is 0.318. The predicted molar refractivity (Wildman–Crippen MR) is 106 cm³/mol. The zero-order valence-electron chi connectivity index (χ0n) is 16.1. The number of ether oxygens (including phenoxy) is 2. The van der Waals surface area contributed by atoms with E-state index in [9.17, 15) is 4.79 Å². The normalized spacial score (nSPS) is 15.2. The molecule has 0 unspecified atom stereocenters. The highest BCUT2D eigenvalue weighted by Gasteiger charge is 2.29. The standard InChI is InChI=1S/C22H23NO3/c1-12-8-7-9-14-17(12)23(5)18-15-10-11-22(3,4)26-20(15)13(2)21(25-6)16(18)19(14)24/h7-11H,1-6H3. The third-order valence-electron chi connectivity index (χ3n) is 5.25. The van der Waals surface area contributed by atoms with Gasteiger partial charge in [0, 0.05) is 23.6 Å². The summed E-state index contributed by atoms with van der Waals surface area (Å²) in [7, 11) is 3.61. The molecule has 0 bridgehead atoms. The molecule has 0 amide bonds. The molecule has 2 aromatic carbocycles. The van der Waals surface area contributed by atoms with Crippen molar-refractivity contribution in [1.29, 1.82) is 0 Å². The van der Waals surface area contributed by atoms with E-state index in [2.05, 4.69) is 10.6 Å². The zero-order valence-corrected chi connectivity index (χ0v) is 16.1. The number of nitrogens with zero attached hydrogens (tertiary/aromatic N) is 1. The lowest BCUT2D eigenvalue weighted by molar-refractivity contribution is 0.157. The van der Waals surface area contributed by atoms with Gasteiger partial charge in [0.1, 0.15) is 17.1 Å². The number of rotatable bonds is 1. The molecule has 0 fully saturated rings. The molecule has 1 aliphatic heterocycles. The van der Waals surface area contributed by atoms with E-state index in [4.69, 9.17) is 9.47 Å². The van der Waals surface area contributed by atoms with Crippen LogP contribution in [0.5, 0.6) is 11.5 Å². The molecule has 0 radical (unpaired) electrons. The Balaban J connectivity index is 2.34. The van der Waals surface area contributed by atoms with Crippen molar-refractivity contribution in [2.75, 3.05) is 7.11 Å². The van der Waals surface area contributed by atoms with Crippen LogP contribution in [-0.2, 0) is 7.05 Å². The van der Waals surface area contributed by atoms with Gasteiger partial charge in [-0.25, -0.2) is 0 Å². The highest BCUT2D eigenvalue weighted by atomic mass is 16.5. The lowest BCUT2D eigenvalue weighted by atomic mass is 9.94. The number of para-hydroxylation sites is 1. The molecule has 4 rings (SSSR count). The minimum atomic E-state index is -0.401. The van der Waals surface area contributed by atoms with Gasteiger partial charge in [-0.15, -0.1) is 0 Å². The van der Waals surface area contributed by atoms with Gasteiger partial charge in [-0.1, -0.05) is 12.1 Å². The minimum absolute atomic E-state index is 0.00205. The van der Waals surface area contributed by atoms with Crippen LogP contribution in [0.15, 0.2) is 29.1 Å². The SMILES string of the molecule is COc1c(C)c2c(c3c1c(=O)c1cccc(C)c1n3C)C=CC(C)(C)O2. The quantitative estimate of drug-likeness (QED) is 0.607. The van der Waals surface area contributed by atoms with Gasteiger partial charge in [0.15, 0.2) is 0 Å². The van der Waals surface area contributed by atoms with Crippen LogP contribution in [0.4, 0.5) is 0 Å². The van der Waals surface area contributed by atoms with Crippen LogP contribution in [0.3, 0.4) is 0 Å². The van der Waals surface area contributed by atoms with Crippen LogP contribution in [0.2, 0.25) is 0 Å². The lowest BCUT2D eigenvalue weighted by Gasteiger charge is -2.31. The van der Waals surface area contributed by atoms with Crippen molar-refractivity contribution in [2.24, 2.45) is 7.05 Å². The van der Waals surface area contributed by atoms with Crippen LogP contribution in [0, 0.1) is 13.8 Å². The number of hydrogen-bond donors (Lipinski definition) is 0. The van der Waals surface area contributed by atoms with E-state index in [1.165, 1.54) is 0 Å². The second-order valence-corrected chi connectivity index (χ2v) is 7.52. The first-order chi connectivity index (χ1) is 12.3. The van der Waals surface area contributed by atoms with E-state index in [0.717, 1.165) is 33.5 Å². The van der Waals surface area contributed by atoms with Gasteiger partial charge in [-0.2, -0.15) is 0 Å². The van der Waals surface area contributed by atoms with E-state index in [1.54, 1.807) is 7.11 Å². The summed E-state index contributed by atoms with van der Waals surface area (Å²) in [4.78, 5) is 13.4. The predicted octanol–water partition coefficient (Wildman–Crippen LogP) is 4.50. The summed E-state index contributed by atoms with van der Waals surface area (Å²) in [5, 5.41) is 1.32. The third-order valence-corrected chi connectivity index (χ3v) is 5.25. The number of fused-ring (bicyclic) bond motifs is 4. The maximum atomic E-state index is 13.4. The highest BCUT2D eigenvalue weighted by Crippen LogP contribution is 2.44. The number of hydrogen-bond acceptors (Lipinski definition) is 3. The molecular weight excluding hydrogens is 326 g/mol.